The molecule has 0 atom stereocenters. The Kier molecular flexibility index (Phi) is 5.66. The number of anilines is 1. The van der Waals surface area contributed by atoms with Gasteiger partial charge in [0.1, 0.15) is 0 Å². The van der Waals surface area contributed by atoms with Crippen molar-refractivity contribution in [2.45, 2.75) is 13.8 Å². The molecule has 3 aromatic carbocycles. The summed E-state index contributed by atoms with van der Waals surface area (Å²) in [5.74, 6) is -0.320. The molecule has 0 amide bonds. The maximum Gasteiger partial charge on any atom is 0.340 e. The van der Waals surface area contributed by atoms with Gasteiger partial charge in [0.05, 0.1) is 29.2 Å². The summed E-state index contributed by atoms with van der Waals surface area (Å²) in [6, 6.07) is 30.0. The highest BCUT2D eigenvalue weighted by molar-refractivity contribution is 6.03. The minimum atomic E-state index is -0.320. The Hall–Kier alpha value is -3.79. The third-order valence-electron chi connectivity index (χ3n) is 5.01. The molecule has 1 N–H and O–H groups in total. The second-order valence-electron chi connectivity index (χ2n) is 6.95. The van der Waals surface area contributed by atoms with Crippen LogP contribution in [0.5, 0.6) is 0 Å². The molecule has 1 aromatic heterocycles. The fraction of sp³-hybridized carbons (Fsp3) is 0.115. The Morgan fingerprint density at radius 3 is 1.93 bits per heavy atom. The van der Waals surface area contributed by atoms with Crippen molar-refractivity contribution < 1.29 is 9.53 Å². The van der Waals surface area contributed by atoms with Crippen molar-refractivity contribution in [3.8, 4) is 22.4 Å². The maximum atomic E-state index is 13.0. The van der Waals surface area contributed by atoms with E-state index in [1.54, 1.807) is 0 Å². The van der Waals surface area contributed by atoms with E-state index in [1.807, 2.05) is 97.4 Å². The smallest absolute Gasteiger partial charge is 0.340 e. The molecular weight excluding hydrogens is 372 g/mol. The van der Waals surface area contributed by atoms with Crippen molar-refractivity contribution >= 4 is 11.7 Å². The highest BCUT2D eigenvalue weighted by Gasteiger charge is 2.28. The number of para-hydroxylation sites is 1. The monoisotopic (exact) mass is 396 g/mol. The number of nitrogens with one attached hydrogen (secondary N) is 1. The second-order valence-corrected chi connectivity index (χ2v) is 6.95. The van der Waals surface area contributed by atoms with Gasteiger partial charge in [-0.05, 0) is 31.5 Å². The quantitative estimate of drug-likeness (QED) is 0.396. The summed E-state index contributed by atoms with van der Waals surface area (Å²) in [5, 5.41) is 0. The minimum Gasteiger partial charge on any atom is -0.462 e. The molecule has 0 spiro atoms. The molecular formula is C26H24N2O2. The van der Waals surface area contributed by atoms with Crippen molar-refractivity contribution in [3.63, 3.8) is 0 Å². The van der Waals surface area contributed by atoms with Crippen LogP contribution in [0.25, 0.3) is 22.4 Å². The van der Waals surface area contributed by atoms with E-state index in [9.17, 15) is 4.79 Å². The number of benzene rings is 3. The Labute approximate surface area is 176 Å². The van der Waals surface area contributed by atoms with Gasteiger partial charge < -0.3 is 4.74 Å². The van der Waals surface area contributed by atoms with E-state index in [-0.39, 0.29) is 5.97 Å². The van der Waals surface area contributed by atoms with Gasteiger partial charge in [-0.25, -0.2) is 4.79 Å². The molecule has 0 aliphatic rings. The minimum absolute atomic E-state index is 0.320. The maximum absolute atomic E-state index is 13.0. The third kappa shape index (κ3) is 3.72. The van der Waals surface area contributed by atoms with Crippen LogP contribution < -0.4 is 5.43 Å². The van der Waals surface area contributed by atoms with Gasteiger partial charge in [0.15, 0.2) is 0 Å². The van der Waals surface area contributed by atoms with Crippen molar-refractivity contribution in [3.05, 3.63) is 102 Å². The first-order chi connectivity index (χ1) is 14.7. The number of nitrogens with zero attached hydrogens (tertiary/aromatic N) is 1. The lowest BCUT2D eigenvalue weighted by atomic mass is 9.97. The highest BCUT2D eigenvalue weighted by Crippen LogP contribution is 2.39. The van der Waals surface area contributed by atoms with Gasteiger partial charge >= 0.3 is 5.97 Å². The zero-order chi connectivity index (χ0) is 20.9. The summed E-state index contributed by atoms with van der Waals surface area (Å²) in [4.78, 5) is 13.0. The van der Waals surface area contributed by atoms with E-state index < -0.39 is 0 Å². The standard InChI is InChI=1S/C26H24N2O2/c1-3-30-26(29)23-19(2)28(27-22-17-11-6-12-18-22)25(21-15-9-5-10-16-21)24(23)20-13-7-4-8-14-20/h4-18,27H,3H2,1-2H3. The fourth-order valence-electron chi connectivity index (χ4n) is 3.68. The van der Waals surface area contributed by atoms with Gasteiger partial charge in [0.25, 0.3) is 0 Å². The molecule has 0 unspecified atom stereocenters. The van der Waals surface area contributed by atoms with E-state index in [1.165, 1.54) is 0 Å². The normalized spacial score (nSPS) is 10.6. The van der Waals surface area contributed by atoms with Crippen LogP contribution in [0.15, 0.2) is 91.0 Å². The second kappa shape index (κ2) is 8.70. The summed E-state index contributed by atoms with van der Waals surface area (Å²) < 4.78 is 7.43. The molecule has 150 valence electrons. The molecule has 0 bridgehead atoms. The third-order valence-corrected chi connectivity index (χ3v) is 5.01. The van der Waals surface area contributed by atoms with Crippen molar-refractivity contribution in [1.82, 2.24) is 4.68 Å². The molecule has 0 saturated heterocycles. The van der Waals surface area contributed by atoms with Crippen LogP contribution in [-0.2, 0) is 4.74 Å². The predicted molar refractivity (Wildman–Crippen MR) is 121 cm³/mol. The summed E-state index contributed by atoms with van der Waals surface area (Å²) >= 11 is 0. The first kappa shape index (κ1) is 19.5. The molecule has 4 aromatic rings. The summed E-state index contributed by atoms with van der Waals surface area (Å²) in [7, 11) is 0. The molecule has 0 fully saturated rings. The number of hydrogen-bond acceptors (Lipinski definition) is 3. The van der Waals surface area contributed by atoms with E-state index >= 15 is 0 Å². The molecule has 0 aliphatic heterocycles. The lowest BCUT2D eigenvalue weighted by Crippen LogP contribution is -2.13. The zero-order valence-electron chi connectivity index (χ0n) is 17.1. The molecule has 4 nitrogen and oxygen atoms in total. The fourth-order valence-corrected chi connectivity index (χ4v) is 3.68. The van der Waals surface area contributed by atoms with E-state index in [0.717, 1.165) is 33.8 Å². The molecule has 1 heterocycles. The first-order valence-electron chi connectivity index (χ1n) is 10.1. The van der Waals surface area contributed by atoms with Crippen LogP contribution in [-0.4, -0.2) is 17.3 Å². The van der Waals surface area contributed by atoms with Crippen LogP contribution in [0.3, 0.4) is 0 Å². The number of hydrogen-bond donors (Lipinski definition) is 1. The van der Waals surface area contributed by atoms with Crippen LogP contribution in [0.1, 0.15) is 23.0 Å². The van der Waals surface area contributed by atoms with Crippen LogP contribution >= 0.6 is 0 Å². The topological polar surface area (TPSA) is 43.3 Å². The lowest BCUT2D eigenvalue weighted by Gasteiger charge is -2.16. The van der Waals surface area contributed by atoms with Crippen LogP contribution in [0, 0.1) is 6.92 Å². The molecule has 4 heteroatoms. The average molecular weight is 396 g/mol. The van der Waals surface area contributed by atoms with E-state index in [0.29, 0.717) is 12.2 Å². The highest BCUT2D eigenvalue weighted by atomic mass is 16.5. The van der Waals surface area contributed by atoms with E-state index in [2.05, 4.69) is 17.6 Å². The molecule has 0 saturated carbocycles. The van der Waals surface area contributed by atoms with Crippen molar-refractivity contribution in [1.29, 1.82) is 0 Å². The first-order valence-corrected chi connectivity index (χ1v) is 10.1. The Morgan fingerprint density at radius 1 is 0.833 bits per heavy atom. The number of aromatic nitrogens is 1. The molecule has 4 rings (SSSR count). The largest absolute Gasteiger partial charge is 0.462 e. The number of rotatable bonds is 6. The van der Waals surface area contributed by atoms with E-state index in [4.69, 9.17) is 4.74 Å². The number of carbonyl (C=O) groups is 1. The number of carbonyl (C=O) groups excluding carboxylic acids is 1. The lowest BCUT2D eigenvalue weighted by molar-refractivity contribution is 0.0526. The molecule has 0 radical (unpaired) electrons. The van der Waals surface area contributed by atoms with Gasteiger partial charge in [0, 0.05) is 11.1 Å². The Balaban J connectivity index is 2.03. The number of ether oxygens (including phenoxy) is 1. The van der Waals surface area contributed by atoms with Gasteiger partial charge in [-0.1, -0.05) is 78.9 Å². The average Bonchev–Trinajstić information content (AvgIpc) is 3.08. The van der Waals surface area contributed by atoms with Gasteiger partial charge in [0.2, 0.25) is 0 Å². The van der Waals surface area contributed by atoms with Gasteiger partial charge in [-0.2, -0.15) is 0 Å². The number of esters is 1. The Bertz CT molecular complexity index is 1130. The Morgan fingerprint density at radius 2 is 1.37 bits per heavy atom. The molecule has 0 aliphatic carbocycles. The predicted octanol–water partition coefficient (Wildman–Crippen LogP) is 6.18. The SMILES string of the molecule is CCOC(=O)c1c(-c2ccccc2)c(-c2ccccc2)n(Nc2ccccc2)c1C. The van der Waals surface area contributed by atoms with Crippen molar-refractivity contribution in [2.24, 2.45) is 0 Å². The summed E-state index contributed by atoms with van der Waals surface area (Å²) in [6.45, 7) is 4.10. The van der Waals surface area contributed by atoms with Gasteiger partial charge in [-0.3, -0.25) is 10.1 Å². The van der Waals surface area contributed by atoms with Crippen LogP contribution in [0.4, 0.5) is 5.69 Å². The van der Waals surface area contributed by atoms with Crippen molar-refractivity contribution in [2.75, 3.05) is 12.0 Å². The van der Waals surface area contributed by atoms with Gasteiger partial charge in [-0.15, -0.1) is 0 Å². The summed E-state index contributed by atoms with van der Waals surface area (Å²) in [5.41, 5.74) is 9.55. The van der Waals surface area contributed by atoms with Crippen LogP contribution in [0.2, 0.25) is 0 Å². The zero-order valence-corrected chi connectivity index (χ0v) is 17.1. The summed E-state index contributed by atoms with van der Waals surface area (Å²) in [6.07, 6.45) is 0. The molecule has 30 heavy (non-hydrogen) atoms.